The SMILES string of the molecule is CC(O)CC[C@@H](C)C1CCC2C3CC=C4C(O)C(OCC(C)(C)O)CCC4(C)C3CCC21C. The standard InChI is InChI=1S/C29H50O4/c1-18(7-8-19(2)30)21-11-12-22-20-9-10-24-26(31)25(33-17-27(3,4)32)14-16-29(24,6)23(20)13-15-28(21,22)5/h10,18-23,25-26,30-32H,7-9,11-17H2,1-6H3/t18-,19?,20?,21?,22?,23?,25?,26?,28?,29?/m1/s1. The number of hydrogen-bond acceptors (Lipinski definition) is 4. The van der Waals surface area contributed by atoms with E-state index in [1.165, 1.54) is 31.3 Å². The van der Waals surface area contributed by atoms with Gasteiger partial charge in [0.1, 0.15) is 6.10 Å². The number of allylic oxidation sites excluding steroid dienone is 1. The van der Waals surface area contributed by atoms with Gasteiger partial charge in [0.15, 0.2) is 0 Å². The molecule has 0 spiro atoms. The summed E-state index contributed by atoms with van der Waals surface area (Å²) in [4.78, 5) is 0. The number of fused-ring (bicyclic) bond motifs is 5. The maximum absolute atomic E-state index is 11.3. The number of aliphatic hydroxyl groups is 3. The van der Waals surface area contributed by atoms with Crippen molar-refractivity contribution in [1.29, 1.82) is 0 Å². The minimum atomic E-state index is -0.869. The second-order valence-electron chi connectivity index (χ2n) is 13.5. The lowest BCUT2D eigenvalue weighted by atomic mass is 9.46. The van der Waals surface area contributed by atoms with Gasteiger partial charge in [-0.2, -0.15) is 0 Å². The normalized spacial score (nSPS) is 44.9. The highest BCUT2D eigenvalue weighted by molar-refractivity contribution is 5.29. The Labute approximate surface area is 202 Å². The van der Waals surface area contributed by atoms with Crippen molar-refractivity contribution in [2.24, 2.45) is 40.4 Å². The van der Waals surface area contributed by atoms with Gasteiger partial charge in [0, 0.05) is 0 Å². The fourth-order valence-electron chi connectivity index (χ4n) is 8.87. The lowest BCUT2D eigenvalue weighted by molar-refractivity contribution is -0.120. The van der Waals surface area contributed by atoms with E-state index in [-0.39, 0.29) is 24.2 Å². The van der Waals surface area contributed by atoms with E-state index in [1.54, 1.807) is 13.8 Å². The highest BCUT2D eigenvalue weighted by Gasteiger charge is 2.60. The summed E-state index contributed by atoms with van der Waals surface area (Å²) in [6.45, 7) is 13.1. The average molecular weight is 463 g/mol. The van der Waals surface area contributed by atoms with E-state index in [4.69, 9.17) is 4.74 Å². The largest absolute Gasteiger partial charge is 0.393 e. The molecule has 0 heterocycles. The summed E-state index contributed by atoms with van der Waals surface area (Å²) in [7, 11) is 0. The molecule has 3 fully saturated rings. The van der Waals surface area contributed by atoms with Crippen molar-refractivity contribution < 1.29 is 20.1 Å². The van der Waals surface area contributed by atoms with Crippen molar-refractivity contribution in [1.82, 2.24) is 0 Å². The zero-order valence-corrected chi connectivity index (χ0v) is 22.0. The molecule has 3 N–H and O–H groups in total. The zero-order valence-electron chi connectivity index (χ0n) is 22.0. The van der Waals surface area contributed by atoms with Crippen LogP contribution >= 0.6 is 0 Å². The Kier molecular flexibility index (Phi) is 7.17. The lowest BCUT2D eigenvalue weighted by Crippen LogP contribution is -2.54. The minimum absolute atomic E-state index is 0.0777. The predicted molar refractivity (Wildman–Crippen MR) is 133 cm³/mol. The van der Waals surface area contributed by atoms with Crippen LogP contribution in [0.2, 0.25) is 0 Å². The molecule has 4 heteroatoms. The molecule has 0 aromatic rings. The number of aliphatic hydroxyl groups excluding tert-OH is 2. The van der Waals surface area contributed by atoms with E-state index in [0.717, 1.165) is 49.9 Å². The Morgan fingerprint density at radius 2 is 1.79 bits per heavy atom. The second kappa shape index (κ2) is 9.22. The fraction of sp³-hybridized carbons (Fsp3) is 0.931. The van der Waals surface area contributed by atoms with Crippen molar-refractivity contribution in [2.75, 3.05) is 6.61 Å². The van der Waals surface area contributed by atoms with Crippen LogP contribution in [0.1, 0.15) is 99.3 Å². The second-order valence-corrected chi connectivity index (χ2v) is 13.5. The highest BCUT2D eigenvalue weighted by atomic mass is 16.5. The van der Waals surface area contributed by atoms with Crippen LogP contribution < -0.4 is 0 Å². The summed E-state index contributed by atoms with van der Waals surface area (Å²) < 4.78 is 6.00. The van der Waals surface area contributed by atoms with Crippen molar-refractivity contribution in [3.8, 4) is 0 Å². The third-order valence-corrected chi connectivity index (χ3v) is 10.6. The van der Waals surface area contributed by atoms with Crippen LogP contribution in [0.3, 0.4) is 0 Å². The van der Waals surface area contributed by atoms with Crippen LogP contribution in [-0.4, -0.2) is 45.8 Å². The number of rotatable bonds is 7. The number of ether oxygens (including phenoxy) is 1. The maximum Gasteiger partial charge on any atom is 0.102 e. The molecule has 0 saturated heterocycles. The van der Waals surface area contributed by atoms with E-state index in [2.05, 4.69) is 26.8 Å². The van der Waals surface area contributed by atoms with E-state index >= 15 is 0 Å². The minimum Gasteiger partial charge on any atom is -0.393 e. The van der Waals surface area contributed by atoms with Crippen molar-refractivity contribution in [3.63, 3.8) is 0 Å². The van der Waals surface area contributed by atoms with Crippen molar-refractivity contribution in [2.45, 2.75) is 123 Å². The molecule has 33 heavy (non-hydrogen) atoms. The first-order chi connectivity index (χ1) is 15.4. The van der Waals surface area contributed by atoms with Crippen LogP contribution in [0.15, 0.2) is 11.6 Å². The Morgan fingerprint density at radius 1 is 1.06 bits per heavy atom. The maximum atomic E-state index is 11.3. The molecular formula is C29H50O4. The zero-order chi connectivity index (χ0) is 24.2. The van der Waals surface area contributed by atoms with Gasteiger partial charge in [-0.25, -0.2) is 0 Å². The third-order valence-electron chi connectivity index (χ3n) is 10.6. The van der Waals surface area contributed by atoms with Crippen molar-refractivity contribution >= 4 is 0 Å². The van der Waals surface area contributed by atoms with Gasteiger partial charge in [0.25, 0.3) is 0 Å². The Morgan fingerprint density at radius 3 is 2.45 bits per heavy atom. The molecule has 0 aromatic carbocycles. The summed E-state index contributed by atoms with van der Waals surface area (Å²) in [6, 6.07) is 0. The highest BCUT2D eigenvalue weighted by Crippen LogP contribution is 2.67. The van der Waals surface area contributed by atoms with E-state index in [1.807, 2.05) is 6.92 Å². The van der Waals surface area contributed by atoms with Crippen LogP contribution in [0.4, 0.5) is 0 Å². The van der Waals surface area contributed by atoms with Crippen LogP contribution in [-0.2, 0) is 4.74 Å². The molecule has 3 saturated carbocycles. The molecule has 0 aliphatic heterocycles. The molecular weight excluding hydrogens is 412 g/mol. The molecule has 4 rings (SSSR count). The summed E-state index contributed by atoms with van der Waals surface area (Å²) >= 11 is 0. The molecule has 4 aliphatic rings. The quantitative estimate of drug-likeness (QED) is 0.438. The molecule has 0 amide bonds. The molecule has 0 aromatic heterocycles. The Hall–Kier alpha value is -0.420. The summed E-state index contributed by atoms with van der Waals surface area (Å²) in [6.07, 6.45) is 11.8. The topological polar surface area (TPSA) is 69.9 Å². The molecule has 9 unspecified atom stereocenters. The average Bonchev–Trinajstić information content (AvgIpc) is 3.08. The van der Waals surface area contributed by atoms with E-state index in [0.29, 0.717) is 17.3 Å². The molecule has 4 nitrogen and oxygen atoms in total. The summed E-state index contributed by atoms with van der Waals surface area (Å²) in [5.74, 6) is 3.63. The van der Waals surface area contributed by atoms with Gasteiger partial charge in [-0.1, -0.05) is 26.8 Å². The van der Waals surface area contributed by atoms with E-state index in [9.17, 15) is 15.3 Å². The fourth-order valence-corrected chi connectivity index (χ4v) is 8.87. The van der Waals surface area contributed by atoms with Crippen molar-refractivity contribution in [3.05, 3.63) is 11.6 Å². The van der Waals surface area contributed by atoms with Gasteiger partial charge >= 0.3 is 0 Å². The first-order valence-electron chi connectivity index (χ1n) is 13.8. The molecule has 0 bridgehead atoms. The summed E-state index contributed by atoms with van der Waals surface area (Å²) in [5.41, 5.74) is 0.853. The van der Waals surface area contributed by atoms with Gasteiger partial charge in [-0.15, -0.1) is 0 Å². The van der Waals surface area contributed by atoms with Gasteiger partial charge in [-0.05, 0) is 125 Å². The van der Waals surface area contributed by atoms with Gasteiger partial charge < -0.3 is 20.1 Å². The number of hydrogen-bond donors (Lipinski definition) is 3. The van der Waals surface area contributed by atoms with Gasteiger partial charge in [0.2, 0.25) is 0 Å². The van der Waals surface area contributed by atoms with Gasteiger partial charge in [-0.3, -0.25) is 0 Å². The molecule has 190 valence electrons. The third kappa shape index (κ3) is 4.71. The smallest absolute Gasteiger partial charge is 0.102 e. The first-order valence-corrected chi connectivity index (χ1v) is 13.8. The molecule has 4 aliphatic carbocycles. The van der Waals surface area contributed by atoms with Gasteiger partial charge in [0.05, 0.1) is 24.4 Å². The lowest BCUT2D eigenvalue weighted by Gasteiger charge is -2.59. The molecule has 10 atom stereocenters. The molecule has 0 radical (unpaired) electrons. The monoisotopic (exact) mass is 462 g/mol. The van der Waals surface area contributed by atoms with E-state index < -0.39 is 11.7 Å². The van der Waals surface area contributed by atoms with Crippen LogP contribution in [0.5, 0.6) is 0 Å². The van der Waals surface area contributed by atoms with Crippen LogP contribution in [0.25, 0.3) is 0 Å². The Balaban J connectivity index is 1.49. The predicted octanol–water partition coefficient (Wildman–Crippen LogP) is 5.49. The van der Waals surface area contributed by atoms with Crippen LogP contribution in [0, 0.1) is 40.4 Å². The first kappa shape index (κ1) is 25.7. The Bertz CT molecular complexity index is 724. The summed E-state index contributed by atoms with van der Waals surface area (Å²) in [5, 5.41) is 31.1.